The van der Waals surface area contributed by atoms with Gasteiger partial charge < -0.3 is 10.1 Å². The number of ether oxygens (including phenoxy) is 1. The van der Waals surface area contributed by atoms with Crippen LogP contribution in [-0.2, 0) is 17.9 Å². The van der Waals surface area contributed by atoms with Gasteiger partial charge in [-0.2, -0.15) is 5.26 Å². The number of pyridine rings is 1. The van der Waals surface area contributed by atoms with E-state index in [4.69, 9.17) is 10.00 Å². The van der Waals surface area contributed by atoms with E-state index >= 15 is 0 Å². The molecule has 1 unspecified atom stereocenters. The molecule has 0 bridgehead atoms. The molecule has 8 heteroatoms. The summed E-state index contributed by atoms with van der Waals surface area (Å²) >= 11 is 0. The Balaban J connectivity index is 1.28. The summed E-state index contributed by atoms with van der Waals surface area (Å²) in [4.78, 5) is 22.8. The smallest absolute Gasteiger partial charge is 0.338 e. The van der Waals surface area contributed by atoms with Crippen molar-refractivity contribution in [2.45, 2.75) is 26.1 Å². The normalized spacial score (nSPS) is 18.5. The van der Waals surface area contributed by atoms with Crippen LogP contribution in [0.5, 0.6) is 0 Å². The number of hydrogen-bond donors (Lipinski definition) is 1. The topological polar surface area (TPSA) is 96.1 Å². The van der Waals surface area contributed by atoms with Crippen LogP contribution < -0.4 is 5.32 Å². The van der Waals surface area contributed by atoms with Crippen molar-refractivity contribution in [1.29, 1.82) is 5.26 Å². The van der Waals surface area contributed by atoms with E-state index in [0.717, 1.165) is 48.7 Å². The van der Waals surface area contributed by atoms with Crippen molar-refractivity contribution in [3.63, 3.8) is 0 Å². The Bertz CT molecular complexity index is 1180. The molecule has 3 aromatic rings. The lowest BCUT2D eigenvalue weighted by Crippen LogP contribution is -2.45. The number of nitriles is 1. The highest BCUT2D eigenvalue weighted by atomic mass is 16.5. The number of hydrogen-bond acceptors (Lipinski definition) is 7. The third kappa shape index (κ3) is 3.69. The molecule has 0 radical (unpaired) electrons. The zero-order chi connectivity index (χ0) is 21.4. The van der Waals surface area contributed by atoms with E-state index in [-0.39, 0.29) is 12.0 Å². The number of fused-ring (bicyclic) bond motifs is 1. The van der Waals surface area contributed by atoms with Crippen LogP contribution in [0.15, 0.2) is 43.0 Å². The fraction of sp³-hybridized carbons (Fsp3) is 0.304. The summed E-state index contributed by atoms with van der Waals surface area (Å²) in [6.45, 7) is 5.99. The van der Waals surface area contributed by atoms with Gasteiger partial charge in [0.2, 0.25) is 0 Å². The van der Waals surface area contributed by atoms with Gasteiger partial charge >= 0.3 is 5.97 Å². The molecule has 5 rings (SSSR count). The molecule has 31 heavy (non-hydrogen) atoms. The van der Waals surface area contributed by atoms with Gasteiger partial charge in [0.25, 0.3) is 0 Å². The standard InChI is InChI=1S/C23H22N6O2/c1-15-18(3-4-19-20(15)13-31-23(19)30)21-12-28(7-6-25-21)10-16-2-5-22(26-9-16)29-11-17(8-24)27-14-29/h2-5,9,11,14,21,25H,6-7,10,12-13H2,1H3. The highest BCUT2D eigenvalue weighted by molar-refractivity contribution is 5.94. The molecule has 8 nitrogen and oxygen atoms in total. The number of aromatic nitrogens is 3. The van der Waals surface area contributed by atoms with Gasteiger partial charge in [-0.25, -0.2) is 14.8 Å². The van der Waals surface area contributed by atoms with Gasteiger partial charge in [0.05, 0.1) is 5.56 Å². The molecule has 0 aliphatic carbocycles. The highest BCUT2D eigenvalue weighted by Crippen LogP contribution is 2.30. The minimum absolute atomic E-state index is 0.206. The molecule has 1 aromatic carbocycles. The summed E-state index contributed by atoms with van der Waals surface area (Å²) in [5, 5.41) is 12.5. The third-order valence-corrected chi connectivity index (χ3v) is 6.02. The van der Waals surface area contributed by atoms with Crippen molar-refractivity contribution in [3.8, 4) is 11.9 Å². The SMILES string of the molecule is Cc1c(C2CN(Cc3ccc(-n4cnc(C#N)c4)nc3)CCN2)ccc2c1COC2=O. The molecule has 0 saturated carbocycles. The summed E-state index contributed by atoms with van der Waals surface area (Å²) < 4.78 is 6.94. The largest absolute Gasteiger partial charge is 0.457 e. The molecule has 1 fully saturated rings. The number of nitrogens with one attached hydrogen (secondary N) is 1. The Morgan fingerprint density at radius 3 is 2.97 bits per heavy atom. The molecule has 1 N–H and O–H groups in total. The Hall–Kier alpha value is -3.54. The fourth-order valence-corrected chi connectivity index (χ4v) is 4.33. The molecule has 0 spiro atoms. The number of cyclic esters (lactones) is 1. The van der Waals surface area contributed by atoms with Gasteiger partial charge in [-0.1, -0.05) is 12.1 Å². The average Bonchev–Trinajstić information content (AvgIpc) is 3.42. The molecule has 4 heterocycles. The summed E-state index contributed by atoms with van der Waals surface area (Å²) in [6, 6.07) is 10.2. The van der Waals surface area contributed by atoms with Gasteiger partial charge in [-0.05, 0) is 35.7 Å². The quantitative estimate of drug-likeness (QED) is 0.654. The monoisotopic (exact) mass is 414 g/mol. The van der Waals surface area contributed by atoms with Crippen molar-refractivity contribution in [2.24, 2.45) is 0 Å². The van der Waals surface area contributed by atoms with E-state index in [2.05, 4.69) is 39.2 Å². The summed E-state index contributed by atoms with van der Waals surface area (Å²) in [5.74, 6) is 0.514. The minimum atomic E-state index is -0.224. The van der Waals surface area contributed by atoms with Crippen LogP contribution >= 0.6 is 0 Å². The molecular weight excluding hydrogens is 392 g/mol. The van der Waals surface area contributed by atoms with E-state index in [1.165, 1.54) is 5.56 Å². The Kier molecular flexibility index (Phi) is 4.98. The van der Waals surface area contributed by atoms with Gasteiger partial charge in [0.15, 0.2) is 5.69 Å². The molecule has 1 saturated heterocycles. The summed E-state index contributed by atoms with van der Waals surface area (Å²) in [7, 11) is 0. The number of carbonyl (C=O) groups is 1. The fourth-order valence-electron chi connectivity index (χ4n) is 4.33. The second-order valence-electron chi connectivity index (χ2n) is 7.93. The van der Waals surface area contributed by atoms with E-state index in [1.807, 2.05) is 24.4 Å². The predicted octanol–water partition coefficient (Wildman–Crippen LogP) is 2.26. The first kappa shape index (κ1) is 19.4. The van der Waals surface area contributed by atoms with Crippen LogP contribution in [0.4, 0.5) is 0 Å². The predicted molar refractivity (Wildman–Crippen MR) is 112 cm³/mol. The van der Waals surface area contributed by atoms with Gasteiger partial charge in [-0.3, -0.25) is 9.47 Å². The number of benzene rings is 1. The Morgan fingerprint density at radius 2 is 2.19 bits per heavy atom. The van der Waals surface area contributed by atoms with Gasteiger partial charge in [0.1, 0.15) is 24.8 Å². The van der Waals surface area contributed by atoms with E-state index in [9.17, 15) is 4.79 Å². The molecular formula is C23H22N6O2. The van der Waals surface area contributed by atoms with Gasteiger partial charge in [0, 0.05) is 50.2 Å². The lowest BCUT2D eigenvalue weighted by atomic mass is 9.93. The van der Waals surface area contributed by atoms with Gasteiger partial charge in [-0.15, -0.1) is 0 Å². The Morgan fingerprint density at radius 1 is 1.29 bits per heavy atom. The molecule has 2 aliphatic heterocycles. The van der Waals surface area contributed by atoms with Crippen molar-refractivity contribution in [1.82, 2.24) is 24.8 Å². The molecule has 2 aliphatic rings. The number of esters is 1. The second kappa shape index (κ2) is 7.95. The molecule has 156 valence electrons. The van der Waals surface area contributed by atoms with Crippen molar-refractivity contribution in [3.05, 3.63) is 76.5 Å². The number of piperazine rings is 1. The number of rotatable bonds is 4. The zero-order valence-electron chi connectivity index (χ0n) is 17.2. The van der Waals surface area contributed by atoms with Crippen molar-refractivity contribution in [2.75, 3.05) is 19.6 Å². The maximum Gasteiger partial charge on any atom is 0.338 e. The zero-order valence-corrected chi connectivity index (χ0v) is 17.2. The first-order valence-corrected chi connectivity index (χ1v) is 10.3. The highest BCUT2D eigenvalue weighted by Gasteiger charge is 2.28. The second-order valence-corrected chi connectivity index (χ2v) is 7.93. The van der Waals surface area contributed by atoms with Crippen LogP contribution in [-0.4, -0.2) is 45.0 Å². The van der Waals surface area contributed by atoms with Crippen LogP contribution in [0.3, 0.4) is 0 Å². The molecule has 1 atom stereocenters. The number of nitrogens with zero attached hydrogens (tertiary/aromatic N) is 5. The molecule has 2 aromatic heterocycles. The van der Waals surface area contributed by atoms with E-state index < -0.39 is 0 Å². The minimum Gasteiger partial charge on any atom is -0.457 e. The first-order valence-electron chi connectivity index (χ1n) is 10.3. The summed E-state index contributed by atoms with van der Waals surface area (Å²) in [5.41, 5.74) is 5.58. The Labute approximate surface area is 180 Å². The third-order valence-electron chi connectivity index (χ3n) is 6.02. The first-order chi connectivity index (χ1) is 15.1. The maximum atomic E-state index is 11.8. The average molecular weight is 414 g/mol. The van der Waals surface area contributed by atoms with Crippen LogP contribution in [0.1, 0.15) is 44.3 Å². The van der Waals surface area contributed by atoms with Crippen LogP contribution in [0.2, 0.25) is 0 Å². The van der Waals surface area contributed by atoms with Crippen LogP contribution in [0, 0.1) is 18.3 Å². The number of imidazole rings is 1. The summed E-state index contributed by atoms with van der Waals surface area (Å²) in [6.07, 6.45) is 5.14. The van der Waals surface area contributed by atoms with E-state index in [0.29, 0.717) is 17.9 Å². The lowest BCUT2D eigenvalue weighted by Gasteiger charge is -2.34. The molecule has 0 amide bonds. The lowest BCUT2D eigenvalue weighted by molar-refractivity contribution is 0.0535. The van der Waals surface area contributed by atoms with Crippen molar-refractivity contribution < 1.29 is 9.53 Å². The van der Waals surface area contributed by atoms with E-state index in [1.54, 1.807) is 17.1 Å². The van der Waals surface area contributed by atoms with Crippen LogP contribution in [0.25, 0.3) is 5.82 Å². The van der Waals surface area contributed by atoms with Crippen molar-refractivity contribution >= 4 is 5.97 Å². The maximum absolute atomic E-state index is 11.8. The number of carbonyl (C=O) groups excluding carboxylic acids is 1.